The average molecular weight is 268 g/mol. The predicted octanol–water partition coefficient (Wildman–Crippen LogP) is 4.30. The van der Waals surface area contributed by atoms with E-state index in [0.29, 0.717) is 11.1 Å². The van der Waals surface area contributed by atoms with Crippen molar-refractivity contribution in [3.8, 4) is 5.75 Å². The van der Waals surface area contributed by atoms with Crippen molar-refractivity contribution in [1.29, 1.82) is 0 Å². The van der Waals surface area contributed by atoms with Crippen LogP contribution in [0.3, 0.4) is 0 Å². The van der Waals surface area contributed by atoms with Gasteiger partial charge in [0.2, 0.25) is 0 Å². The van der Waals surface area contributed by atoms with Crippen molar-refractivity contribution < 1.29 is 4.74 Å². The summed E-state index contributed by atoms with van der Waals surface area (Å²) in [6.07, 6.45) is 1.76. The highest BCUT2D eigenvalue weighted by Crippen LogP contribution is 2.26. The Bertz CT molecular complexity index is 513. The van der Waals surface area contributed by atoms with Crippen molar-refractivity contribution in [2.75, 3.05) is 0 Å². The SMILES string of the molecule is Cc1cc(C)c(OCc2cnc(Cl)s2)c(C)c1. The molecule has 2 aromatic rings. The summed E-state index contributed by atoms with van der Waals surface area (Å²) in [6, 6.07) is 4.25. The molecule has 0 bridgehead atoms. The maximum atomic E-state index is 5.83. The molecule has 2 rings (SSSR count). The zero-order valence-electron chi connectivity index (χ0n) is 10.1. The Hall–Kier alpha value is -1.06. The summed E-state index contributed by atoms with van der Waals surface area (Å²) in [5.41, 5.74) is 3.59. The van der Waals surface area contributed by atoms with Crippen LogP contribution >= 0.6 is 22.9 Å². The number of rotatable bonds is 3. The molecule has 0 aliphatic carbocycles. The van der Waals surface area contributed by atoms with Gasteiger partial charge < -0.3 is 4.74 Å². The quantitative estimate of drug-likeness (QED) is 0.827. The molecule has 0 N–H and O–H groups in total. The van der Waals surface area contributed by atoms with Gasteiger partial charge in [0.25, 0.3) is 0 Å². The van der Waals surface area contributed by atoms with Gasteiger partial charge in [-0.25, -0.2) is 4.98 Å². The highest BCUT2D eigenvalue weighted by atomic mass is 35.5. The molecule has 1 aromatic heterocycles. The van der Waals surface area contributed by atoms with Crippen molar-refractivity contribution in [2.45, 2.75) is 27.4 Å². The van der Waals surface area contributed by atoms with Gasteiger partial charge in [-0.2, -0.15) is 0 Å². The van der Waals surface area contributed by atoms with Crippen molar-refractivity contribution in [2.24, 2.45) is 0 Å². The van der Waals surface area contributed by atoms with Crippen LogP contribution in [0.25, 0.3) is 0 Å². The van der Waals surface area contributed by atoms with E-state index in [0.717, 1.165) is 21.8 Å². The summed E-state index contributed by atoms with van der Waals surface area (Å²) in [6.45, 7) is 6.74. The molecular formula is C13H14ClNOS. The summed E-state index contributed by atoms with van der Waals surface area (Å²) >= 11 is 7.23. The molecule has 0 atom stereocenters. The van der Waals surface area contributed by atoms with Crippen LogP contribution in [-0.4, -0.2) is 4.98 Å². The monoisotopic (exact) mass is 267 g/mol. The molecule has 0 spiro atoms. The van der Waals surface area contributed by atoms with E-state index in [1.165, 1.54) is 16.9 Å². The number of ether oxygens (including phenoxy) is 1. The van der Waals surface area contributed by atoms with Gasteiger partial charge in [0.05, 0.1) is 4.88 Å². The van der Waals surface area contributed by atoms with E-state index in [-0.39, 0.29) is 0 Å². The summed E-state index contributed by atoms with van der Waals surface area (Å²) < 4.78 is 6.39. The lowest BCUT2D eigenvalue weighted by atomic mass is 10.1. The van der Waals surface area contributed by atoms with Crippen LogP contribution in [-0.2, 0) is 6.61 Å². The molecule has 0 radical (unpaired) electrons. The Morgan fingerprint density at radius 1 is 1.24 bits per heavy atom. The van der Waals surface area contributed by atoms with E-state index >= 15 is 0 Å². The van der Waals surface area contributed by atoms with E-state index < -0.39 is 0 Å². The summed E-state index contributed by atoms with van der Waals surface area (Å²) in [7, 11) is 0. The van der Waals surface area contributed by atoms with Gasteiger partial charge in [0.1, 0.15) is 12.4 Å². The maximum Gasteiger partial charge on any atom is 0.183 e. The van der Waals surface area contributed by atoms with Gasteiger partial charge in [0.15, 0.2) is 4.47 Å². The molecule has 1 aromatic carbocycles. The number of hydrogen-bond acceptors (Lipinski definition) is 3. The van der Waals surface area contributed by atoms with Crippen LogP contribution in [0.4, 0.5) is 0 Å². The normalized spacial score (nSPS) is 10.6. The first-order valence-electron chi connectivity index (χ1n) is 5.37. The first kappa shape index (κ1) is 12.4. The van der Waals surface area contributed by atoms with Gasteiger partial charge in [-0.1, -0.05) is 29.3 Å². The minimum Gasteiger partial charge on any atom is -0.487 e. The Kier molecular flexibility index (Phi) is 3.69. The number of halogens is 1. The molecule has 2 nitrogen and oxygen atoms in total. The first-order valence-corrected chi connectivity index (χ1v) is 6.56. The van der Waals surface area contributed by atoms with Crippen LogP contribution in [0.15, 0.2) is 18.3 Å². The van der Waals surface area contributed by atoms with Gasteiger partial charge in [0, 0.05) is 6.20 Å². The second-order valence-electron chi connectivity index (χ2n) is 4.10. The predicted molar refractivity (Wildman–Crippen MR) is 72.1 cm³/mol. The molecular weight excluding hydrogens is 254 g/mol. The smallest absolute Gasteiger partial charge is 0.183 e. The fraction of sp³-hybridized carbons (Fsp3) is 0.308. The number of hydrogen-bond donors (Lipinski definition) is 0. The molecule has 0 fully saturated rings. The zero-order chi connectivity index (χ0) is 12.4. The molecule has 0 amide bonds. The van der Waals surface area contributed by atoms with Crippen LogP contribution in [0.2, 0.25) is 4.47 Å². The summed E-state index contributed by atoms with van der Waals surface area (Å²) in [5.74, 6) is 0.958. The van der Waals surface area contributed by atoms with Crippen molar-refractivity contribution in [1.82, 2.24) is 4.98 Å². The van der Waals surface area contributed by atoms with E-state index in [1.807, 2.05) is 0 Å². The largest absolute Gasteiger partial charge is 0.487 e. The standard InChI is InChI=1S/C13H14ClNOS/c1-8-4-9(2)12(10(3)5-8)16-7-11-6-15-13(14)17-11/h4-6H,7H2,1-3H3. The van der Waals surface area contributed by atoms with E-state index in [4.69, 9.17) is 16.3 Å². The van der Waals surface area contributed by atoms with Crippen LogP contribution in [0, 0.1) is 20.8 Å². The van der Waals surface area contributed by atoms with Gasteiger partial charge in [-0.05, 0) is 31.9 Å². The number of aryl methyl sites for hydroxylation is 3. The molecule has 4 heteroatoms. The highest BCUT2D eigenvalue weighted by Gasteiger charge is 2.06. The summed E-state index contributed by atoms with van der Waals surface area (Å²) in [4.78, 5) is 5.03. The number of thiazole rings is 1. The molecule has 0 aliphatic rings. The fourth-order valence-electron chi connectivity index (χ4n) is 1.89. The van der Waals surface area contributed by atoms with Gasteiger partial charge >= 0.3 is 0 Å². The molecule has 0 aliphatic heterocycles. The van der Waals surface area contributed by atoms with Crippen LogP contribution < -0.4 is 4.74 Å². The number of benzene rings is 1. The lowest BCUT2D eigenvalue weighted by Crippen LogP contribution is -1.98. The van der Waals surface area contributed by atoms with Gasteiger partial charge in [-0.3, -0.25) is 0 Å². The lowest BCUT2D eigenvalue weighted by Gasteiger charge is -2.12. The molecule has 1 heterocycles. The lowest BCUT2D eigenvalue weighted by molar-refractivity contribution is 0.305. The summed E-state index contributed by atoms with van der Waals surface area (Å²) in [5, 5.41) is 0. The minimum absolute atomic E-state index is 0.523. The first-order chi connectivity index (χ1) is 8.06. The highest BCUT2D eigenvalue weighted by molar-refractivity contribution is 7.15. The fourth-order valence-corrected chi connectivity index (χ4v) is 2.78. The Morgan fingerprint density at radius 3 is 2.41 bits per heavy atom. The third-order valence-electron chi connectivity index (χ3n) is 2.49. The van der Waals surface area contributed by atoms with Crippen LogP contribution in [0.5, 0.6) is 5.75 Å². The van der Waals surface area contributed by atoms with Crippen molar-refractivity contribution in [3.05, 3.63) is 44.4 Å². The van der Waals surface area contributed by atoms with E-state index in [1.54, 1.807) is 6.20 Å². The number of nitrogens with zero attached hydrogens (tertiary/aromatic N) is 1. The molecule has 0 saturated carbocycles. The second kappa shape index (κ2) is 5.07. The maximum absolute atomic E-state index is 5.83. The van der Waals surface area contributed by atoms with Gasteiger partial charge in [-0.15, -0.1) is 11.3 Å². The Balaban J connectivity index is 2.14. The van der Waals surface area contributed by atoms with E-state index in [2.05, 4.69) is 37.9 Å². The minimum atomic E-state index is 0.523. The number of aromatic nitrogens is 1. The molecule has 0 unspecified atom stereocenters. The molecule has 0 saturated heterocycles. The van der Waals surface area contributed by atoms with Crippen LogP contribution in [0.1, 0.15) is 21.6 Å². The Morgan fingerprint density at radius 2 is 1.88 bits per heavy atom. The third kappa shape index (κ3) is 2.99. The zero-order valence-corrected chi connectivity index (χ0v) is 11.7. The topological polar surface area (TPSA) is 22.1 Å². The average Bonchev–Trinajstić information content (AvgIpc) is 2.62. The molecule has 90 valence electrons. The van der Waals surface area contributed by atoms with Crippen molar-refractivity contribution in [3.63, 3.8) is 0 Å². The van der Waals surface area contributed by atoms with Crippen molar-refractivity contribution >= 4 is 22.9 Å². The molecule has 17 heavy (non-hydrogen) atoms. The van der Waals surface area contributed by atoms with E-state index in [9.17, 15) is 0 Å². The Labute approximate surface area is 110 Å². The second-order valence-corrected chi connectivity index (χ2v) is 5.79. The third-order valence-corrected chi connectivity index (χ3v) is 3.58.